The summed E-state index contributed by atoms with van der Waals surface area (Å²) < 4.78 is 1.97. The zero-order valence-corrected chi connectivity index (χ0v) is 12.3. The van der Waals surface area contributed by atoms with Gasteiger partial charge in [-0.3, -0.25) is 4.68 Å². The van der Waals surface area contributed by atoms with Crippen LogP contribution in [0.4, 0.5) is 0 Å². The number of rotatable bonds is 5. The molecule has 0 fully saturated rings. The third-order valence-electron chi connectivity index (χ3n) is 3.17. The Kier molecular flexibility index (Phi) is 4.19. The fraction of sp³-hybridized carbons (Fsp3) is 0.500. The molecule has 0 spiro atoms. The lowest BCUT2D eigenvalue weighted by Crippen LogP contribution is -2.18. The van der Waals surface area contributed by atoms with Gasteiger partial charge in [0.05, 0.1) is 11.4 Å². The highest BCUT2D eigenvalue weighted by Crippen LogP contribution is 2.22. The van der Waals surface area contributed by atoms with E-state index in [1.165, 1.54) is 15.4 Å². The minimum absolute atomic E-state index is 0.392. The van der Waals surface area contributed by atoms with Crippen molar-refractivity contribution in [2.24, 2.45) is 7.05 Å². The van der Waals surface area contributed by atoms with Crippen LogP contribution in [0.1, 0.15) is 41.0 Å². The summed E-state index contributed by atoms with van der Waals surface area (Å²) in [5.41, 5.74) is 2.40. The Morgan fingerprint density at radius 1 is 1.44 bits per heavy atom. The lowest BCUT2D eigenvalue weighted by atomic mass is 10.2. The zero-order chi connectivity index (χ0) is 13.1. The first-order valence-corrected chi connectivity index (χ1v) is 7.23. The normalized spacial score (nSPS) is 12.9. The molecule has 0 aliphatic rings. The molecule has 1 atom stereocenters. The maximum atomic E-state index is 4.46. The van der Waals surface area contributed by atoms with Gasteiger partial charge in [-0.2, -0.15) is 5.10 Å². The highest BCUT2D eigenvalue weighted by atomic mass is 32.1. The standard InChI is InChI=1S/C14H21N3S/c1-5-12-8-13(17(4)16-12)9-15-11(3)14-7-6-10(2)18-14/h6-8,11,15H,5,9H2,1-4H3. The monoisotopic (exact) mass is 263 g/mol. The van der Waals surface area contributed by atoms with Crippen LogP contribution in [0.25, 0.3) is 0 Å². The summed E-state index contributed by atoms with van der Waals surface area (Å²) in [5.74, 6) is 0. The molecule has 0 radical (unpaired) electrons. The molecule has 3 nitrogen and oxygen atoms in total. The number of aromatic nitrogens is 2. The minimum atomic E-state index is 0.392. The van der Waals surface area contributed by atoms with E-state index in [1.807, 2.05) is 23.1 Å². The Bertz CT molecular complexity index is 513. The van der Waals surface area contributed by atoms with Crippen molar-refractivity contribution in [3.8, 4) is 0 Å². The van der Waals surface area contributed by atoms with Gasteiger partial charge in [0.1, 0.15) is 0 Å². The van der Waals surface area contributed by atoms with Crippen LogP contribution in [0.5, 0.6) is 0 Å². The van der Waals surface area contributed by atoms with E-state index >= 15 is 0 Å². The zero-order valence-electron chi connectivity index (χ0n) is 11.5. The minimum Gasteiger partial charge on any atom is -0.304 e. The second kappa shape index (κ2) is 5.67. The van der Waals surface area contributed by atoms with Crippen LogP contribution in [0, 0.1) is 6.92 Å². The molecule has 18 heavy (non-hydrogen) atoms. The smallest absolute Gasteiger partial charge is 0.0625 e. The summed E-state index contributed by atoms with van der Waals surface area (Å²) in [7, 11) is 2.01. The van der Waals surface area contributed by atoms with E-state index in [0.717, 1.165) is 18.7 Å². The van der Waals surface area contributed by atoms with E-state index < -0.39 is 0 Å². The lowest BCUT2D eigenvalue weighted by Gasteiger charge is -2.11. The molecule has 1 N–H and O–H groups in total. The molecule has 0 saturated heterocycles. The van der Waals surface area contributed by atoms with Crippen LogP contribution >= 0.6 is 11.3 Å². The maximum absolute atomic E-state index is 4.46. The molecule has 2 heterocycles. The molecule has 2 aromatic rings. The SMILES string of the molecule is CCc1cc(CNC(C)c2ccc(C)s2)n(C)n1. The van der Waals surface area contributed by atoms with Gasteiger partial charge in [0.2, 0.25) is 0 Å². The van der Waals surface area contributed by atoms with Crippen molar-refractivity contribution in [2.75, 3.05) is 0 Å². The largest absolute Gasteiger partial charge is 0.304 e. The molecule has 98 valence electrons. The third kappa shape index (κ3) is 3.00. The molecule has 0 aliphatic carbocycles. The van der Waals surface area contributed by atoms with Crippen LogP contribution < -0.4 is 5.32 Å². The summed E-state index contributed by atoms with van der Waals surface area (Å²) in [6.07, 6.45) is 0.994. The summed E-state index contributed by atoms with van der Waals surface area (Å²) in [6, 6.07) is 6.96. The fourth-order valence-corrected chi connectivity index (χ4v) is 2.86. The van der Waals surface area contributed by atoms with Crippen molar-refractivity contribution < 1.29 is 0 Å². The molecule has 0 aliphatic heterocycles. The van der Waals surface area contributed by atoms with Gasteiger partial charge in [0, 0.05) is 29.4 Å². The van der Waals surface area contributed by atoms with Gasteiger partial charge < -0.3 is 5.32 Å². The molecule has 0 amide bonds. The van der Waals surface area contributed by atoms with Crippen LogP contribution in [-0.2, 0) is 20.0 Å². The predicted molar refractivity (Wildman–Crippen MR) is 76.9 cm³/mol. The van der Waals surface area contributed by atoms with Crippen molar-refractivity contribution >= 4 is 11.3 Å². The number of aryl methyl sites for hydroxylation is 3. The van der Waals surface area contributed by atoms with Gasteiger partial charge in [-0.1, -0.05) is 6.92 Å². The molecule has 0 bridgehead atoms. The Labute approximate surface area is 113 Å². The van der Waals surface area contributed by atoms with Gasteiger partial charge in [-0.25, -0.2) is 0 Å². The van der Waals surface area contributed by atoms with E-state index in [-0.39, 0.29) is 0 Å². The number of hydrogen-bond donors (Lipinski definition) is 1. The van der Waals surface area contributed by atoms with Crippen LogP contribution in [0.3, 0.4) is 0 Å². The predicted octanol–water partition coefficient (Wildman–Crippen LogP) is 3.20. The van der Waals surface area contributed by atoms with Crippen molar-refractivity contribution in [3.05, 3.63) is 39.3 Å². The van der Waals surface area contributed by atoms with Gasteiger partial charge >= 0.3 is 0 Å². The molecular weight excluding hydrogens is 242 g/mol. The van der Waals surface area contributed by atoms with E-state index in [0.29, 0.717) is 6.04 Å². The second-order valence-corrected chi connectivity index (χ2v) is 5.97. The topological polar surface area (TPSA) is 29.9 Å². The summed E-state index contributed by atoms with van der Waals surface area (Å²) in [5, 5.41) is 8.02. The fourth-order valence-electron chi connectivity index (χ4n) is 1.95. The molecular formula is C14H21N3S. The Balaban J connectivity index is 1.96. The van der Waals surface area contributed by atoms with Crippen LogP contribution in [-0.4, -0.2) is 9.78 Å². The summed E-state index contributed by atoms with van der Waals surface area (Å²) in [4.78, 5) is 2.76. The van der Waals surface area contributed by atoms with Gasteiger partial charge in [-0.05, 0) is 38.5 Å². The number of hydrogen-bond acceptors (Lipinski definition) is 3. The van der Waals surface area contributed by atoms with E-state index in [2.05, 4.69) is 49.4 Å². The van der Waals surface area contributed by atoms with Crippen LogP contribution in [0.15, 0.2) is 18.2 Å². The maximum Gasteiger partial charge on any atom is 0.0625 e. The number of nitrogens with zero attached hydrogens (tertiary/aromatic N) is 2. The van der Waals surface area contributed by atoms with Gasteiger partial charge in [0.15, 0.2) is 0 Å². The van der Waals surface area contributed by atoms with E-state index in [9.17, 15) is 0 Å². The molecule has 4 heteroatoms. The lowest BCUT2D eigenvalue weighted by molar-refractivity contribution is 0.554. The summed E-state index contributed by atoms with van der Waals surface area (Å²) >= 11 is 1.86. The first-order valence-electron chi connectivity index (χ1n) is 6.41. The van der Waals surface area contributed by atoms with Crippen LogP contribution in [0.2, 0.25) is 0 Å². The summed E-state index contributed by atoms with van der Waals surface area (Å²) in [6.45, 7) is 7.36. The first kappa shape index (κ1) is 13.3. The highest BCUT2D eigenvalue weighted by molar-refractivity contribution is 7.12. The molecule has 2 aromatic heterocycles. The van der Waals surface area contributed by atoms with Gasteiger partial charge in [-0.15, -0.1) is 11.3 Å². The number of nitrogens with one attached hydrogen (secondary N) is 1. The molecule has 0 aromatic carbocycles. The van der Waals surface area contributed by atoms with E-state index in [4.69, 9.17) is 0 Å². The quantitative estimate of drug-likeness (QED) is 0.897. The molecule has 0 saturated carbocycles. The Morgan fingerprint density at radius 2 is 2.22 bits per heavy atom. The average molecular weight is 263 g/mol. The Hall–Kier alpha value is -1.13. The Morgan fingerprint density at radius 3 is 2.78 bits per heavy atom. The first-order chi connectivity index (χ1) is 8.60. The van der Waals surface area contributed by atoms with Crippen molar-refractivity contribution in [1.29, 1.82) is 0 Å². The van der Waals surface area contributed by atoms with Gasteiger partial charge in [0.25, 0.3) is 0 Å². The van der Waals surface area contributed by atoms with Crippen molar-refractivity contribution in [2.45, 2.75) is 39.8 Å². The average Bonchev–Trinajstić information content (AvgIpc) is 2.92. The molecule has 2 rings (SSSR count). The van der Waals surface area contributed by atoms with Crippen molar-refractivity contribution in [1.82, 2.24) is 15.1 Å². The van der Waals surface area contributed by atoms with E-state index in [1.54, 1.807) is 0 Å². The highest BCUT2D eigenvalue weighted by Gasteiger charge is 2.09. The molecule has 1 unspecified atom stereocenters. The third-order valence-corrected chi connectivity index (χ3v) is 4.35. The number of thiophene rings is 1. The van der Waals surface area contributed by atoms with Crippen molar-refractivity contribution in [3.63, 3.8) is 0 Å². The second-order valence-electron chi connectivity index (χ2n) is 4.66.